The van der Waals surface area contributed by atoms with Gasteiger partial charge >= 0.3 is 0 Å². The zero-order valence-corrected chi connectivity index (χ0v) is 12.9. The molecule has 118 valence electrons. The van der Waals surface area contributed by atoms with Gasteiger partial charge in [-0.1, -0.05) is 42.5 Å². The minimum Gasteiger partial charge on any atom is -0.330 e. The van der Waals surface area contributed by atoms with Crippen LogP contribution in [0.5, 0.6) is 0 Å². The molecule has 2 aromatic rings. The maximum Gasteiger partial charge on any atom is 0.274 e. The third kappa shape index (κ3) is 4.26. The smallest absolute Gasteiger partial charge is 0.274 e. The molecule has 1 amide bonds. The molecule has 0 fully saturated rings. The van der Waals surface area contributed by atoms with Crippen LogP contribution in [0.25, 0.3) is 0 Å². The summed E-state index contributed by atoms with van der Waals surface area (Å²) in [6, 6.07) is 12.3. The molecular formula is C18H19N3O2. The second-order valence-corrected chi connectivity index (χ2v) is 4.99. The first-order chi connectivity index (χ1) is 11.2. The molecule has 0 N–H and O–H groups in total. The molecule has 0 aliphatic carbocycles. The summed E-state index contributed by atoms with van der Waals surface area (Å²) in [7, 11) is 0. The molecule has 0 aliphatic rings. The summed E-state index contributed by atoms with van der Waals surface area (Å²) >= 11 is 0. The van der Waals surface area contributed by atoms with Crippen LogP contribution in [0.2, 0.25) is 0 Å². The van der Waals surface area contributed by atoms with Crippen molar-refractivity contribution in [3.05, 3.63) is 89.4 Å². The van der Waals surface area contributed by atoms with E-state index in [0.717, 1.165) is 5.56 Å². The van der Waals surface area contributed by atoms with Gasteiger partial charge in [-0.05, 0) is 11.6 Å². The number of aromatic nitrogens is 2. The average Bonchev–Trinajstić information content (AvgIpc) is 2.57. The molecule has 0 atom stereocenters. The van der Waals surface area contributed by atoms with Gasteiger partial charge in [0.2, 0.25) is 0 Å². The van der Waals surface area contributed by atoms with Crippen molar-refractivity contribution in [2.24, 2.45) is 0 Å². The molecule has 1 heterocycles. The van der Waals surface area contributed by atoms with Crippen molar-refractivity contribution in [1.82, 2.24) is 14.7 Å². The van der Waals surface area contributed by atoms with Crippen molar-refractivity contribution >= 4 is 5.91 Å². The summed E-state index contributed by atoms with van der Waals surface area (Å²) in [5, 5.41) is 4.20. The first kappa shape index (κ1) is 16.4. The SMILES string of the molecule is C=CCN(CC=C)C(=O)c1ccc(=O)n(Cc2ccccc2)n1. The Morgan fingerprint density at radius 2 is 1.74 bits per heavy atom. The minimum absolute atomic E-state index is 0.226. The summed E-state index contributed by atoms with van der Waals surface area (Å²) in [6.45, 7) is 8.39. The maximum absolute atomic E-state index is 12.5. The Labute approximate surface area is 135 Å². The van der Waals surface area contributed by atoms with Gasteiger partial charge in [0, 0.05) is 19.2 Å². The molecule has 0 saturated carbocycles. The van der Waals surface area contributed by atoms with Crippen LogP contribution in [-0.4, -0.2) is 33.7 Å². The van der Waals surface area contributed by atoms with E-state index in [1.165, 1.54) is 16.8 Å². The van der Waals surface area contributed by atoms with Crippen molar-refractivity contribution in [1.29, 1.82) is 0 Å². The number of hydrogen-bond acceptors (Lipinski definition) is 3. The van der Waals surface area contributed by atoms with Gasteiger partial charge in [-0.3, -0.25) is 9.59 Å². The number of benzene rings is 1. The Balaban J connectivity index is 2.28. The van der Waals surface area contributed by atoms with Gasteiger partial charge in [-0.15, -0.1) is 13.2 Å². The predicted octanol–water partition coefficient (Wildman–Crippen LogP) is 2.11. The van der Waals surface area contributed by atoms with Crippen LogP contribution in [0.3, 0.4) is 0 Å². The van der Waals surface area contributed by atoms with Crippen molar-refractivity contribution in [3.8, 4) is 0 Å². The Bertz CT molecular complexity index is 740. The molecule has 1 aromatic heterocycles. The zero-order chi connectivity index (χ0) is 16.7. The normalized spacial score (nSPS) is 10.1. The summed E-state index contributed by atoms with van der Waals surface area (Å²) in [4.78, 5) is 26.0. The lowest BCUT2D eigenvalue weighted by atomic mass is 10.2. The van der Waals surface area contributed by atoms with Crippen LogP contribution < -0.4 is 5.56 Å². The van der Waals surface area contributed by atoms with E-state index in [-0.39, 0.29) is 17.2 Å². The first-order valence-electron chi connectivity index (χ1n) is 7.29. The number of hydrogen-bond donors (Lipinski definition) is 0. The van der Waals surface area contributed by atoms with E-state index >= 15 is 0 Å². The first-order valence-corrected chi connectivity index (χ1v) is 7.29. The van der Waals surface area contributed by atoms with Gasteiger partial charge in [-0.25, -0.2) is 4.68 Å². The van der Waals surface area contributed by atoms with E-state index in [0.29, 0.717) is 19.6 Å². The third-order valence-electron chi connectivity index (χ3n) is 3.25. The highest BCUT2D eigenvalue weighted by molar-refractivity contribution is 5.92. The molecule has 0 radical (unpaired) electrons. The van der Waals surface area contributed by atoms with Gasteiger partial charge in [0.25, 0.3) is 11.5 Å². The Hall–Kier alpha value is -2.95. The van der Waals surface area contributed by atoms with Gasteiger partial charge in [0.05, 0.1) is 6.54 Å². The van der Waals surface area contributed by atoms with E-state index in [2.05, 4.69) is 18.3 Å². The van der Waals surface area contributed by atoms with Crippen LogP contribution in [0.4, 0.5) is 0 Å². The molecule has 1 aromatic carbocycles. The third-order valence-corrected chi connectivity index (χ3v) is 3.25. The second-order valence-electron chi connectivity index (χ2n) is 4.99. The van der Waals surface area contributed by atoms with E-state index in [4.69, 9.17) is 0 Å². The molecule has 0 aliphatic heterocycles. The average molecular weight is 309 g/mol. The summed E-state index contributed by atoms with van der Waals surface area (Å²) in [5.41, 5.74) is 0.925. The van der Waals surface area contributed by atoms with Crippen molar-refractivity contribution in [2.75, 3.05) is 13.1 Å². The van der Waals surface area contributed by atoms with Crippen LogP contribution in [-0.2, 0) is 6.54 Å². The number of nitrogens with zero attached hydrogens (tertiary/aromatic N) is 3. The Morgan fingerprint density at radius 3 is 2.35 bits per heavy atom. The van der Waals surface area contributed by atoms with Gasteiger partial charge in [-0.2, -0.15) is 5.10 Å². The topological polar surface area (TPSA) is 55.2 Å². The largest absolute Gasteiger partial charge is 0.330 e. The highest BCUT2D eigenvalue weighted by atomic mass is 16.2. The monoisotopic (exact) mass is 309 g/mol. The lowest BCUT2D eigenvalue weighted by Crippen LogP contribution is -2.34. The summed E-state index contributed by atoms with van der Waals surface area (Å²) in [6.07, 6.45) is 3.28. The lowest BCUT2D eigenvalue weighted by molar-refractivity contribution is 0.0782. The molecule has 0 bridgehead atoms. The molecule has 5 heteroatoms. The Morgan fingerprint density at radius 1 is 1.09 bits per heavy atom. The summed E-state index contributed by atoms with van der Waals surface area (Å²) in [5.74, 6) is -0.258. The van der Waals surface area contributed by atoms with Gasteiger partial charge < -0.3 is 4.90 Å². The van der Waals surface area contributed by atoms with Crippen molar-refractivity contribution in [3.63, 3.8) is 0 Å². The lowest BCUT2D eigenvalue weighted by Gasteiger charge is -2.19. The fraction of sp³-hybridized carbons (Fsp3) is 0.167. The standard InChI is InChI=1S/C18H19N3O2/c1-3-12-20(13-4-2)18(23)16-10-11-17(22)21(19-16)14-15-8-6-5-7-9-15/h3-11H,1-2,12-14H2. The summed E-state index contributed by atoms with van der Waals surface area (Å²) < 4.78 is 1.29. The van der Waals surface area contributed by atoms with Crippen LogP contribution in [0, 0.1) is 0 Å². The predicted molar refractivity (Wildman–Crippen MR) is 90.3 cm³/mol. The molecule has 5 nitrogen and oxygen atoms in total. The van der Waals surface area contributed by atoms with E-state index in [1.54, 1.807) is 17.1 Å². The molecule has 23 heavy (non-hydrogen) atoms. The van der Waals surface area contributed by atoms with Crippen LogP contribution >= 0.6 is 0 Å². The molecule has 0 unspecified atom stereocenters. The molecule has 2 rings (SSSR count). The highest BCUT2D eigenvalue weighted by Crippen LogP contribution is 2.03. The van der Waals surface area contributed by atoms with Crippen molar-refractivity contribution < 1.29 is 4.79 Å². The Kier molecular flexibility index (Phi) is 5.63. The number of amides is 1. The van der Waals surface area contributed by atoms with E-state index in [1.807, 2.05) is 30.3 Å². The fourth-order valence-corrected chi connectivity index (χ4v) is 2.15. The zero-order valence-electron chi connectivity index (χ0n) is 12.9. The van der Waals surface area contributed by atoms with Crippen molar-refractivity contribution in [2.45, 2.75) is 6.54 Å². The number of carbonyl (C=O) groups is 1. The second kappa shape index (κ2) is 7.89. The van der Waals surface area contributed by atoms with Gasteiger partial charge in [0.15, 0.2) is 0 Å². The molecule has 0 spiro atoms. The van der Waals surface area contributed by atoms with Crippen LogP contribution in [0.15, 0.2) is 72.6 Å². The van der Waals surface area contributed by atoms with Gasteiger partial charge in [0.1, 0.15) is 5.69 Å². The minimum atomic E-state index is -0.258. The van der Waals surface area contributed by atoms with E-state index < -0.39 is 0 Å². The fourth-order valence-electron chi connectivity index (χ4n) is 2.15. The van der Waals surface area contributed by atoms with E-state index in [9.17, 15) is 9.59 Å². The highest BCUT2D eigenvalue weighted by Gasteiger charge is 2.16. The quantitative estimate of drug-likeness (QED) is 0.736. The molecule has 0 saturated heterocycles. The molecular weight excluding hydrogens is 290 g/mol. The maximum atomic E-state index is 12.5. The number of carbonyl (C=O) groups excluding carboxylic acids is 1. The number of rotatable bonds is 7. The van der Waals surface area contributed by atoms with Crippen LogP contribution in [0.1, 0.15) is 16.1 Å².